The molecule has 0 unspecified atom stereocenters. The van der Waals surface area contributed by atoms with Crippen molar-refractivity contribution in [3.05, 3.63) is 0 Å². The summed E-state index contributed by atoms with van der Waals surface area (Å²) in [5, 5.41) is 20.6. The molecule has 0 amide bonds. The highest BCUT2D eigenvalue weighted by atomic mass is 16.3. The third kappa shape index (κ3) is 1.91. The Balaban J connectivity index is 1.71. The normalized spacial score (nSPS) is 57.9. The molecule has 0 radical (unpaired) electrons. The highest BCUT2D eigenvalue weighted by Crippen LogP contribution is 2.65. The van der Waals surface area contributed by atoms with Gasteiger partial charge in [-0.15, -0.1) is 0 Å². The van der Waals surface area contributed by atoms with Gasteiger partial charge in [-0.05, 0) is 73.5 Å². The van der Waals surface area contributed by atoms with Crippen LogP contribution in [0.2, 0.25) is 0 Å². The summed E-state index contributed by atoms with van der Waals surface area (Å²) in [4.78, 5) is 13.1. The average molecular weight is 306 g/mol. The molecule has 0 bridgehead atoms. The number of rotatable bonds is 0. The van der Waals surface area contributed by atoms with Crippen molar-refractivity contribution in [2.75, 3.05) is 0 Å². The van der Waals surface area contributed by atoms with Gasteiger partial charge in [-0.3, -0.25) is 4.79 Å². The molecule has 0 aliphatic heterocycles. The zero-order chi connectivity index (χ0) is 15.7. The van der Waals surface area contributed by atoms with Crippen molar-refractivity contribution in [2.24, 2.45) is 34.5 Å². The van der Waals surface area contributed by atoms with E-state index in [-0.39, 0.29) is 29.0 Å². The number of aliphatic hydroxyl groups is 2. The van der Waals surface area contributed by atoms with Gasteiger partial charge in [-0.25, -0.2) is 0 Å². The van der Waals surface area contributed by atoms with Gasteiger partial charge in [0.05, 0.1) is 12.2 Å². The van der Waals surface area contributed by atoms with Crippen LogP contribution in [0.1, 0.15) is 65.2 Å². The standard InChI is InChI=1S/C19H30O3/c1-18-7-6-14(21)16(18)13-4-3-11-9-12(20)5-8-19(11,2)17(13)15(22)10-18/h11-14,16-17,20-21H,3-10H2,1-2H3/t11-,12+,13-,14-,16-,17-,18+,19+/m0/s1. The Morgan fingerprint density at radius 1 is 1.05 bits per heavy atom. The van der Waals surface area contributed by atoms with Crippen molar-refractivity contribution in [2.45, 2.75) is 77.4 Å². The van der Waals surface area contributed by atoms with Gasteiger partial charge in [0, 0.05) is 12.3 Å². The summed E-state index contributed by atoms with van der Waals surface area (Å²) >= 11 is 0. The third-order valence-corrected chi connectivity index (χ3v) is 8.11. The monoisotopic (exact) mass is 306 g/mol. The predicted molar refractivity (Wildman–Crippen MR) is 84.1 cm³/mol. The minimum Gasteiger partial charge on any atom is -0.393 e. The fraction of sp³-hybridized carbons (Fsp3) is 0.947. The Morgan fingerprint density at radius 2 is 1.82 bits per heavy atom. The molecule has 124 valence electrons. The van der Waals surface area contributed by atoms with E-state index in [1.54, 1.807) is 0 Å². The van der Waals surface area contributed by atoms with Gasteiger partial charge in [-0.1, -0.05) is 13.8 Å². The van der Waals surface area contributed by atoms with Crippen molar-refractivity contribution in [3.63, 3.8) is 0 Å². The molecule has 3 nitrogen and oxygen atoms in total. The SMILES string of the molecule is C[C@]12CC[C@H](O)[C@@H]1[C@@H]1CC[C@H]3C[C@H](O)CC[C@@]3(C)[C@@H]1C(=O)C2. The lowest BCUT2D eigenvalue weighted by atomic mass is 9.44. The number of hydrogen-bond donors (Lipinski definition) is 2. The summed E-state index contributed by atoms with van der Waals surface area (Å²) < 4.78 is 0. The zero-order valence-electron chi connectivity index (χ0n) is 13.9. The van der Waals surface area contributed by atoms with E-state index < -0.39 is 0 Å². The lowest BCUT2D eigenvalue weighted by Gasteiger charge is -2.59. The van der Waals surface area contributed by atoms with Gasteiger partial charge in [0.15, 0.2) is 0 Å². The quantitative estimate of drug-likeness (QED) is 0.723. The number of carbonyl (C=O) groups is 1. The average Bonchev–Trinajstić information content (AvgIpc) is 2.74. The van der Waals surface area contributed by atoms with Crippen molar-refractivity contribution in [1.82, 2.24) is 0 Å². The minimum absolute atomic E-state index is 0.0368. The Hall–Kier alpha value is -0.410. The van der Waals surface area contributed by atoms with Crippen LogP contribution in [0.5, 0.6) is 0 Å². The number of fused-ring (bicyclic) bond motifs is 5. The van der Waals surface area contributed by atoms with Gasteiger partial charge in [0.2, 0.25) is 0 Å². The van der Waals surface area contributed by atoms with Crippen molar-refractivity contribution < 1.29 is 15.0 Å². The molecule has 0 aromatic rings. The molecule has 0 aromatic heterocycles. The van der Waals surface area contributed by atoms with E-state index in [2.05, 4.69) is 13.8 Å². The van der Waals surface area contributed by atoms with Crippen molar-refractivity contribution in [3.8, 4) is 0 Å². The molecule has 4 aliphatic carbocycles. The van der Waals surface area contributed by atoms with Crippen molar-refractivity contribution >= 4 is 5.78 Å². The largest absolute Gasteiger partial charge is 0.393 e. The third-order valence-electron chi connectivity index (χ3n) is 8.11. The molecule has 0 spiro atoms. The second kappa shape index (κ2) is 4.80. The predicted octanol–water partition coefficient (Wildman–Crippen LogP) is 2.93. The van der Waals surface area contributed by atoms with Gasteiger partial charge in [0.1, 0.15) is 5.78 Å². The topological polar surface area (TPSA) is 57.5 Å². The maximum Gasteiger partial charge on any atom is 0.137 e. The maximum absolute atomic E-state index is 13.1. The molecule has 4 saturated carbocycles. The molecule has 0 heterocycles. The first-order valence-corrected chi connectivity index (χ1v) is 9.24. The van der Waals surface area contributed by atoms with Crippen LogP contribution in [-0.4, -0.2) is 28.2 Å². The molecule has 8 atom stereocenters. The van der Waals surface area contributed by atoms with E-state index in [1.165, 1.54) is 0 Å². The molecular formula is C19H30O3. The molecule has 22 heavy (non-hydrogen) atoms. The van der Waals surface area contributed by atoms with E-state index in [0.717, 1.165) is 44.9 Å². The summed E-state index contributed by atoms with van der Waals surface area (Å²) in [6.07, 6.45) is 7.05. The Kier molecular flexibility index (Phi) is 3.30. The maximum atomic E-state index is 13.1. The van der Waals surface area contributed by atoms with E-state index in [4.69, 9.17) is 0 Å². The van der Waals surface area contributed by atoms with Gasteiger partial charge in [-0.2, -0.15) is 0 Å². The lowest BCUT2D eigenvalue weighted by molar-refractivity contribution is -0.164. The van der Waals surface area contributed by atoms with E-state index in [9.17, 15) is 15.0 Å². The van der Waals surface area contributed by atoms with Crippen LogP contribution < -0.4 is 0 Å². The van der Waals surface area contributed by atoms with E-state index in [0.29, 0.717) is 30.0 Å². The molecule has 3 heteroatoms. The van der Waals surface area contributed by atoms with Crippen LogP contribution >= 0.6 is 0 Å². The Labute approximate surface area is 133 Å². The number of Topliss-reactive ketones (excluding diaryl/α,β-unsaturated/α-hetero) is 1. The molecule has 4 fully saturated rings. The Morgan fingerprint density at radius 3 is 2.59 bits per heavy atom. The second-order valence-corrected chi connectivity index (χ2v) is 9.28. The molecule has 4 aliphatic rings. The number of ketones is 1. The summed E-state index contributed by atoms with van der Waals surface area (Å²) in [5.41, 5.74) is 0.0952. The summed E-state index contributed by atoms with van der Waals surface area (Å²) in [7, 11) is 0. The Bertz CT molecular complexity index is 489. The molecular weight excluding hydrogens is 276 g/mol. The molecule has 2 N–H and O–H groups in total. The first kappa shape index (κ1) is 15.1. The lowest BCUT2D eigenvalue weighted by Crippen LogP contribution is -2.58. The number of hydrogen-bond acceptors (Lipinski definition) is 3. The summed E-state index contributed by atoms with van der Waals surface area (Å²) in [6, 6.07) is 0. The van der Waals surface area contributed by atoms with Crippen LogP contribution in [-0.2, 0) is 4.79 Å². The van der Waals surface area contributed by atoms with Gasteiger partial charge >= 0.3 is 0 Å². The van der Waals surface area contributed by atoms with E-state index in [1.807, 2.05) is 0 Å². The first-order chi connectivity index (χ1) is 10.3. The van der Waals surface area contributed by atoms with E-state index >= 15 is 0 Å². The zero-order valence-corrected chi connectivity index (χ0v) is 13.9. The number of aliphatic hydroxyl groups excluding tert-OH is 2. The van der Waals surface area contributed by atoms with Gasteiger partial charge in [0.25, 0.3) is 0 Å². The van der Waals surface area contributed by atoms with Crippen molar-refractivity contribution in [1.29, 1.82) is 0 Å². The second-order valence-electron chi connectivity index (χ2n) is 9.28. The summed E-state index contributed by atoms with van der Waals surface area (Å²) in [5.74, 6) is 1.77. The van der Waals surface area contributed by atoms with Crippen LogP contribution in [0.3, 0.4) is 0 Å². The van der Waals surface area contributed by atoms with Crippen LogP contribution in [0.15, 0.2) is 0 Å². The van der Waals surface area contributed by atoms with Crippen LogP contribution in [0.25, 0.3) is 0 Å². The highest BCUT2D eigenvalue weighted by Gasteiger charge is 2.62. The number of carbonyl (C=O) groups excluding carboxylic acids is 1. The fourth-order valence-corrected chi connectivity index (χ4v) is 7.10. The smallest absolute Gasteiger partial charge is 0.137 e. The van der Waals surface area contributed by atoms with Crippen LogP contribution in [0, 0.1) is 34.5 Å². The molecule has 0 aromatic carbocycles. The highest BCUT2D eigenvalue weighted by molar-refractivity contribution is 5.84. The minimum atomic E-state index is -0.208. The fourth-order valence-electron chi connectivity index (χ4n) is 7.10. The first-order valence-electron chi connectivity index (χ1n) is 9.24. The van der Waals surface area contributed by atoms with Crippen LogP contribution in [0.4, 0.5) is 0 Å². The van der Waals surface area contributed by atoms with Gasteiger partial charge < -0.3 is 10.2 Å². The molecule has 0 saturated heterocycles. The molecule has 4 rings (SSSR count). The summed E-state index contributed by atoms with van der Waals surface area (Å²) in [6.45, 7) is 4.54.